The predicted molar refractivity (Wildman–Crippen MR) is 92.3 cm³/mol. The van der Waals surface area contributed by atoms with Crippen molar-refractivity contribution < 1.29 is 14.3 Å². The van der Waals surface area contributed by atoms with Crippen molar-refractivity contribution in [3.05, 3.63) is 36.2 Å². The van der Waals surface area contributed by atoms with Crippen molar-refractivity contribution in [2.24, 2.45) is 0 Å². The van der Waals surface area contributed by atoms with Gasteiger partial charge in [-0.05, 0) is 38.1 Å². The summed E-state index contributed by atoms with van der Waals surface area (Å²) in [6.07, 6.45) is 0.729. The Kier molecular flexibility index (Phi) is 4.64. The third kappa shape index (κ3) is 4.14. The molecule has 25 heavy (non-hydrogen) atoms. The summed E-state index contributed by atoms with van der Waals surface area (Å²) in [5, 5.41) is 14.2. The molecule has 9 nitrogen and oxygen atoms in total. The monoisotopic (exact) mass is 342 g/mol. The number of amides is 2. The standard InChI is InChI=1S/C16H18N6O3/c1-3-25-16(24)20-14-8-17-22(21-14)9-15(23)19-12-4-5-13-11(7-12)6-10(2)18-13/h4-8,18H,3,9H2,1-2H3,(H,19,23)(H,20,21,24). The fourth-order valence-electron chi connectivity index (χ4n) is 2.39. The number of carbonyl (C=O) groups is 2. The van der Waals surface area contributed by atoms with Crippen LogP contribution in [0.5, 0.6) is 0 Å². The maximum atomic E-state index is 12.1. The fourth-order valence-corrected chi connectivity index (χ4v) is 2.39. The van der Waals surface area contributed by atoms with E-state index in [1.807, 2.05) is 31.2 Å². The SMILES string of the molecule is CCOC(=O)Nc1cnn(CC(=O)Nc2ccc3[nH]c(C)cc3c2)n1. The summed E-state index contributed by atoms with van der Waals surface area (Å²) in [5.74, 6) is -0.0552. The van der Waals surface area contributed by atoms with Crippen LogP contribution in [0, 0.1) is 6.92 Å². The van der Waals surface area contributed by atoms with Crippen LogP contribution in [0.25, 0.3) is 10.9 Å². The van der Waals surface area contributed by atoms with Crippen molar-refractivity contribution in [2.75, 3.05) is 17.2 Å². The van der Waals surface area contributed by atoms with Gasteiger partial charge < -0.3 is 15.0 Å². The van der Waals surface area contributed by atoms with Gasteiger partial charge >= 0.3 is 6.09 Å². The third-order valence-electron chi connectivity index (χ3n) is 3.37. The molecule has 0 radical (unpaired) electrons. The number of aromatic nitrogens is 4. The van der Waals surface area contributed by atoms with Gasteiger partial charge in [0.25, 0.3) is 0 Å². The van der Waals surface area contributed by atoms with E-state index < -0.39 is 6.09 Å². The Morgan fingerprint density at radius 1 is 1.28 bits per heavy atom. The summed E-state index contributed by atoms with van der Waals surface area (Å²) in [5.41, 5.74) is 2.76. The first-order valence-corrected chi connectivity index (χ1v) is 7.76. The number of aromatic amines is 1. The number of hydrogen-bond acceptors (Lipinski definition) is 5. The molecule has 2 amide bonds. The van der Waals surface area contributed by atoms with Gasteiger partial charge in [0.15, 0.2) is 5.82 Å². The first kappa shape index (κ1) is 16.5. The molecule has 3 aromatic rings. The maximum absolute atomic E-state index is 12.1. The molecular formula is C16H18N6O3. The summed E-state index contributed by atoms with van der Waals surface area (Å²) in [7, 11) is 0. The zero-order chi connectivity index (χ0) is 17.8. The van der Waals surface area contributed by atoms with Gasteiger partial charge in [0.1, 0.15) is 6.54 Å². The van der Waals surface area contributed by atoms with Gasteiger partial charge in [-0.1, -0.05) is 0 Å². The lowest BCUT2D eigenvalue weighted by atomic mass is 10.2. The minimum absolute atomic E-state index is 0.0747. The van der Waals surface area contributed by atoms with E-state index >= 15 is 0 Å². The van der Waals surface area contributed by atoms with Crippen molar-refractivity contribution >= 4 is 34.4 Å². The zero-order valence-corrected chi connectivity index (χ0v) is 13.9. The number of nitrogens with zero attached hydrogens (tertiary/aromatic N) is 3. The van der Waals surface area contributed by atoms with E-state index in [2.05, 4.69) is 25.8 Å². The van der Waals surface area contributed by atoms with Gasteiger partial charge in [-0.15, -0.1) is 5.10 Å². The number of carbonyl (C=O) groups excluding carboxylic acids is 2. The van der Waals surface area contributed by atoms with E-state index in [1.165, 1.54) is 11.0 Å². The average molecular weight is 342 g/mol. The van der Waals surface area contributed by atoms with Crippen LogP contribution in [0.15, 0.2) is 30.5 Å². The summed E-state index contributed by atoms with van der Waals surface area (Å²) < 4.78 is 4.74. The molecule has 0 aliphatic heterocycles. The molecule has 1 aromatic carbocycles. The number of aryl methyl sites for hydroxylation is 1. The predicted octanol–water partition coefficient (Wildman–Crippen LogP) is 2.27. The number of H-pyrrole nitrogens is 1. The van der Waals surface area contributed by atoms with Crippen LogP contribution >= 0.6 is 0 Å². The van der Waals surface area contributed by atoms with E-state index in [-0.39, 0.29) is 24.9 Å². The Bertz CT molecular complexity index is 914. The topological polar surface area (TPSA) is 114 Å². The molecule has 130 valence electrons. The van der Waals surface area contributed by atoms with Crippen LogP contribution in [0.2, 0.25) is 0 Å². The van der Waals surface area contributed by atoms with E-state index in [1.54, 1.807) is 6.92 Å². The number of fused-ring (bicyclic) bond motifs is 1. The molecule has 3 N–H and O–H groups in total. The molecule has 0 fully saturated rings. The molecule has 0 saturated heterocycles. The number of nitrogens with one attached hydrogen (secondary N) is 3. The maximum Gasteiger partial charge on any atom is 0.412 e. The zero-order valence-electron chi connectivity index (χ0n) is 13.9. The van der Waals surface area contributed by atoms with Crippen molar-refractivity contribution in [1.82, 2.24) is 20.0 Å². The highest BCUT2D eigenvalue weighted by atomic mass is 16.5. The van der Waals surface area contributed by atoms with Gasteiger partial charge in [-0.2, -0.15) is 9.90 Å². The Morgan fingerprint density at radius 2 is 2.12 bits per heavy atom. The van der Waals surface area contributed by atoms with Crippen molar-refractivity contribution in [3.63, 3.8) is 0 Å². The van der Waals surface area contributed by atoms with E-state index in [4.69, 9.17) is 4.74 Å². The van der Waals surface area contributed by atoms with Crippen LogP contribution in [0.3, 0.4) is 0 Å². The molecule has 0 bridgehead atoms. The lowest BCUT2D eigenvalue weighted by Gasteiger charge is -2.05. The summed E-state index contributed by atoms with van der Waals surface area (Å²) in [6.45, 7) is 3.86. The van der Waals surface area contributed by atoms with Crippen LogP contribution in [-0.4, -0.2) is 38.6 Å². The Hall–Kier alpha value is -3.36. The molecular weight excluding hydrogens is 324 g/mol. The lowest BCUT2D eigenvalue weighted by molar-refractivity contribution is -0.117. The smallest absolute Gasteiger partial charge is 0.412 e. The summed E-state index contributed by atoms with van der Waals surface area (Å²) in [6, 6.07) is 7.63. The Balaban J connectivity index is 1.60. The largest absolute Gasteiger partial charge is 0.450 e. The van der Waals surface area contributed by atoms with Crippen LogP contribution in [0.4, 0.5) is 16.3 Å². The number of hydrogen-bond donors (Lipinski definition) is 3. The molecule has 3 rings (SSSR count). The normalized spacial score (nSPS) is 10.6. The second kappa shape index (κ2) is 7.04. The second-order valence-electron chi connectivity index (χ2n) is 5.41. The van der Waals surface area contributed by atoms with Crippen molar-refractivity contribution in [2.45, 2.75) is 20.4 Å². The van der Waals surface area contributed by atoms with Crippen molar-refractivity contribution in [1.29, 1.82) is 0 Å². The van der Waals surface area contributed by atoms with Gasteiger partial charge in [0.2, 0.25) is 5.91 Å². The van der Waals surface area contributed by atoms with Crippen LogP contribution in [-0.2, 0) is 16.1 Å². The summed E-state index contributed by atoms with van der Waals surface area (Å²) >= 11 is 0. The number of benzene rings is 1. The highest BCUT2D eigenvalue weighted by molar-refractivity contribution is 5.93. The van der Waals surface area contributed by atoms with E-state index in [0.29, 0.717) is 5.69 Å². The average Bonchev–Trinajstić information content (AvgIpc) is 3.12. The number of rotatable bonds is 5. The van der Waals surface area contributed by atoms with Gasteiger partial charge in [-0.3, -0.25) is 10.1 Å². The molecule has 0 spiro atoms. The van der Waals surface area contributed by atoms with Crippen LogP contribution < -0.4 is 10.6 Å². The summed E-state index contributed by atoms with van der Waals surface area (Å²) in [4.78, 5) is 27.8. The molecule has 0 aliphatic rings. The first-order valence-electron chi connectivity index (χ1n) is 7.76. The molecule has 2 heterocycles. The van der Waals surface area contributed by atoms with E-state index in [9.17, 15) is 9.59 Å². The molecule has 9 heteroatoms. The number of ether oxygens (including phenoxy) is 1. The third-order valence-corrected chi connectivity index (χ3v) is 3.37. The molecule has 0 atom stereocenters. The fraction of sp³-hybridized carbons (Fsp3) is 0.250. The van der Waals surface area contributed by atoms with Gasteiger partial charge in [0.05, 0.1) is 12.8 Å². The lowest BCUT2D eigenvalue weighted by Crippen LogP contribution is -2.20. The van der Waals surface area contributed by atoms with Gasteiger partial charge in [0, 0.05) is 22.3 Å². The molecule has 0 aliphatic carbocycles. The quantitative estimate of drug-likeness (QED) is 0.658. The Morgan fingerprint density at radius 3 is 2.92 bits per heavy atom. The second-order valence-corrected chi connectivity index (χ2v) is 5.41. The Labute approximate surface area is 143 Å². The van der Waals surface area contributed by atoms with Crippen molar-refractivity contribution in [3.8, 4) is 0 Å². The van der Waals surface area contributed by atoms with E-state index in [0.717, 1.165) is 16.6 Å². The molecule has 0 saturated carbocycles. The molecule has 2 aromatic heterocycles. The van der Waals surface area contributed by atoms with Crippen LogP contribution in [0.1, 0.15) is 12.6 Å². The highest BCUT2D eigenvalue weighted by Gasteiger charge is 2.10. The first-order chi connectivity index (χ1) is 12.0. The highest BCUT2D eigenvalue weighted by Crippen LogP contribution is 2.19. The minimum atomic E-state index is -0.617. The van der Waals surface area contributed by atoms with Gasteiger partial charge in [-0.25, -0.2) is 4.79 Å². The number of anilines is 2. The molecule has 0 unspecified atom stereocenters. The minimum Gasteiger partial charge on any atom is -0.450 e.